The smallest absolute Gasteiger partial charge is 0.314 e. The van der Waals surface area contributed by atoms with E-state index < -0.39 is 0 Å². The van der Waals surface area contributed by atoms with Gasteiger partial charge in [-0.05, 0) is 18.9 Å². The van der Waals surface area contributed by atoms with E-state index in [0.717, 1.165) is 18.4 Å². The molecule has 0 spiro atoms. The van der Waals surface area contributed by atoms with Crippen LogP contribution in [0.3, 0.4) is 0 Å². The van der Waals surface area contributed by atoms with Crippen LogP contribution in [0.25, 0.3) is 0 Å². The highest BCUT2D eigenvalue weighted by Gasteiger charge is 2.21. The first-order valence-electron chi connectivity index (χ1n) is 6.14. The minimum atomic E-state index is -0.351. The van der Waals surface area contributed by atoms with E-state index in [9.17, 15) is 4.79 Å². The summed E-state index contributed by atoms with van der Waals surface area (Å²) in [7, 11) is 0. The topological polar surface area (TPSA) is 52.3 Å². The van der Waals surface area contributed by atoms with E-state index in [-0.39, 0.29) is 24.5 Å². The number of benzene rings is 1. The quantitative estimate of drug-likeness (QED) is 0.771. The highest BCUT2D eigenvalue weighted by atomic mass is 16.5. The molecule has 1 aromatic carbocycles. The summed E-state index contributed by atoms with van der Waals surface area (Å²) in [6.45, 7) is 4.27. The molecule has 0 aliphatic carbocycles. The van der Waals surface area contributed by atoms with Crippen molar-refractivity contribution in [2.45, 2.75) is 38.7 Å². The van der Waals surface area contributed by atoms with E-state index in [2.05, 4.69) is 6.92 Å². The second kappa shape index (κ2) is 7.07. The fraction of sp³-hybridized carbons (Fsp3) is 0.500. The predicted molar refractivity (Wildman–Crippen MR) is 68.7 cm³/mol. The molecule has 0 aliphatic heterocycles. The summed E-state index contributed by atoms with van der Waals surface area (Å²) < 4.78 is 5.38. The van der Waals surface area contributed by atoms with Crippen LogP contribution in [-0.4, -0.2) is 18.6 Å². The molecule has 0 radical (unpaired) electrons. The number of ether oxygens (including phenoxy) is 1. The minimum absolute atomic E-state index is 0.0368. The van der Waals surface area contributed by atoms with Crippen LogP contribution in [0, 0.1) is 0 Å². The zero-order chi connectivity index (χ0) is 12.7. The van der Waals surface area contributed by atoms with Crippen molar-refractivity contribution in [3.05, 3.63) is 35.9 Å². The molecule has 0 heterocycles. The van der Waals surface area contributed by atoms with Gasteiger partial charge < -0.3 is 10.5 Å². The lowest BCUT2D eigenvalue weighted by Crippen LogP contribution is -2.26. The van der Waals surface area contributed by atoms with Crippen LogP contribution >= 0.6 is 0 Å². The average Bonchev–Trinajstić information content (AvgIpc) is 2.31. The molecule has 94 valence electrons. The average molecular weight is 235 g/mol. The van der Waals surface area contributed by atoms with Crippen molar-refractivity contribution < 1.29 is 9.53 Å². The maximum absolute atomic E-state index is 12.0. The van der Waals surface area contributed by atoms with Crippen LogP contribution in [0.2, 0.25) is 0 Å². The van der Waals surface area contributed by atoms with Gasteiger partial charge in [0, 0.05) is 6.54 Å². The first-order valence-corrected chi connectivity index (χ1v) is 6.14. The maximum Gasteiger partial charge on any atom is 0.314 e. The summed E-state index contributed by atoms with van der Waals surface area (Å²) in [5, 5.41) is 0. The van der Waals surface area contributed by atoms with Gasteiger partial charge in [0.15, 0.2) is 0 Å². The molecule has 0 bridgehead atoms. The van der Waals surface area contributed by atoms with E-state index >= 15 is 0 Å². The maximum atomic E-state index is 12.0. The third-order valence-electron chi connectivity index (χ3n) is 2.73. The van der Waals surface area contributed by atoms with Crippen molar-refractivity contribution in [2.24, 2.45) is 5.73 Å². The molecule has 2 unspecified atom stereocenters. The van der Waals surface area contributed by atoms with Crippen molar-refractivity contribution in [1.29, 1.82) is 0 Å². The molecule has 0 amide bonds. The SMILES string of the molecule is CCCC(C)OC(=O)C(CN)c1ccccc1. The largest absolute Gasteiger partial charge is 0.462 e. The van der Waals surface area contributed by atoms with Gasteiger partial charge in [-0.3, -0.25) is 4.79 Å². The minimum Gasteiger partial charge on any atom is -0.462 e. The lowest BCUT2D eigenvalue weighted by molar-refractivity contribution is -0.150. The summed E-state index contributed by atoms with van der Waals surface area (Å²) in [5.41, 5.74) is 6.57. The lowest BCUT2D eigenvalue weighted by atomic mass is 9.99. The predicted octanol–water partition coefficient (Wildman–Crippen LogP) is 2.46. The third-order valence-corrected chi connectivity index (χ3v) is 2.73. The third kappa shape index (κ3) is 4.19. The summed E-state index contributed by atoms with van der Waals surface area (Å²) in [6.07, 6.45) is 1.86. The number of hydrogen-bond acceptors (Lipinski definition) is 3. The molecule has 2 N–H and O–H groups in total. The summed E-state index contributed by atoms with van der Waals surface area (Å²) in [4.78, 5) is 12.0. The molecule has 0 saturated heterocycles. The Morgan fingerprint density at radius 2 is 2.00 bits per heavy atom. The molecule has 17 heavy (non-hydrogen) atoms. The van der Waals surface area contributed by atoms with Gasteiger partial charge in [0.1, 0.15) is 0 Å². The van der Waals surface area contributed by atoms with Crippen LogP contribution in [-0.2, 0) is 9.53 Å². The van der Waals surface area contributed by atoms with Crippen molar-refractivity contribution in [2.75, 3.05) is 6.54 Å². The fourth-order valence-electron chi connectivity index (χ4n) is 1.80. The summed E-state index contributed by atoms with van der Waals surface area (Å²) >= 11 is 0. The molecule has 1 rings (SSSR count). The summed E-state index contributed by atoms with van der Waals surface area (Å²) in [5.74, 6) is -0.574. The Hall–Kier alpha value is -1.35. The van der Waals surface area contributed by atoms with Gasteiger partial charge in [-0.15, -0.1) is 0 Å². The number of carbonyl (C=O) groups is 1. The molecule has 0 aromatic heterocycles. The van der Waals surface area contributed by atoms with Gasteiger partial charge >= 0.3 is 5.97 Å². The second-order valence-electron chi connectivity index (χ2n) is 4.24. The number of hydrogen-bond donors (Lipinski definition) is 1. The molecule has 0 aliphatic rings. The normalized spacial score (nSPS) is 14.1. The second-order valence-corrected chi connectivity index (χ2v) is 4.24. The number of carbonyl (C=O) groups excluding carboxylic acids is 1. The highest BCUT2D eigenvalue weighted by Crippen LogP contribution is 2.17. The van der Waals surface area contributed by atoms with E-state index in [4.69, 9.17) is 10.5 Å². The van der Waals surface area contributed by atoms with Crippen LogP contribution in [0.15, 0.2) is 30.3 Å². The Bertz CT molecular complexity index is 337. The monoisotopic (exact) mass is 235 g/mol. The lowest BCUT2D eigenvalue weighted by Gasteiger charge is -2.18. The zero-order valence-electron chi connectivity index (χ0n) is 10.6. The van der Waals surface area contributed by atoms with E-state index in [1.54, 1.807) is 0 Å². The standard InChI is InChI=1S/C14H21NO2/c1-3-7-11(2)17-14(16)13(10-15)12-8-5-4-6-9-12/h4-6,8-9,11,13H,3,7,10,15H2,1-2H3. The summed E-state index contributed by atoms with van der Waals surface area (Å²) in [6, 6.07) is 9.54. The number of esters is 1. The molecular formula is C14H21NO2. The molecule has 2 atom stereocenters. The van der Waals surface area contributed by atoms with Gasteiger partial charge in [-0.25, -0.2) is 0 Å². The molecule has 0 fully saturated rings. The first-order chi connectivity index (χ1) is 8.19. The molecule has 1 aromatic rings. The Balaban J connectivity index is 2.65. The highest BCUT2D eigenvalue weighted by molar-refractivity contribution is 5.78. The number of nitrogens with two attached hydrogens (primary N) is 1. The van der Waals surface area contributed by atoms with Gasteiger partial charge in [0.2, 0.25) is 0 Å². The van der Waals surface area contributed by atoms with Crippen LogP contribution in [0.5, 0.6) is 0 Å². The number of rotatable bonds is 6. The zero-order valence-corrected chi connectivity index (χ0v) is 10.6. The van der Waals surface area contributed by atoms with Gasteiger partial charge in [-0.1, -0.05) is 43.7 Å². The Labute approximate surface area is 103 Å². The van der Waals surface area contributed by atoms with Gasteiger partial charge in [0.05, 0.1) is 12.0 Å². The molecular weight excluding hydrogens is 214 g/mol. The molecule has 0 saturated carbocycles. The first kappa shape index (κ1) is 13.7. The van der Waals surface area contributed by atoms with Crippen LogP contribution < -0.4 is 5.73 Å². The van der Waals surface area contributed by atoms with Crippen molar-refractivity contribution >= 4 is 5.97 Å². The fourth-order valence-corrected chi connectivity index (χ4v) is 1.80. The Morgan fingerprint density at radius 3 is 2.53 bits per heavy atom. The van der Waals surface area contributed by atoms with Crippen LogP contribution in [0.4, 0.5) is 0 Å². The molecule has 3 heteroatoms. The van der Waals surface area contributed by atoms with Crippen LogP contribution in [0.1, 0.15) is 38.2 Å². The van der Waals surface area contributed by atoms with E-state index in [0.29, 0.717) is 0 Å². The molecule has 3 nitrogen and oxygen atoms in total. The van der Waals surface area contributed by atoms with E-state index in [1.807, 2.05) is 37.3 Å². The van der Waals surface area contributed by atoms with Gasteiger partial charge in [0.25, 0.3) is 0 Å². The van der Waals surface area contributed by atoms with Gasteiger partial charge in [-0.2, -0.15) is 0 Å². The Kier molecular flexibility index (Phi) is 5.70. The van der Waals surface area contributed by atoms with Crippen molar-refractivity contribution in [1.82, 2.24) is 0 Å². The van der Waals surface area contributed by atoms with E-state index in [1.165, 1.54) is 0 Å². The van der Waals surface area contributed by atoms with Crippen molar-refractivity contribution in [3.63, 3.8) is 0 Å². The Morgan fingerprint density at radius 1 is 1.35 bits per heavy atom. The van der Waals surface area contributed by atoms with Crippen molar-refractivity contribution in [3.8, 4) is 0 Å².